The van der Waals surface area contributed by atoms with Crippen molar-refractivity contribution in [3.05, 3.63) is 23.3 Å². The van der Waals surface area contributed by atoms with Crippen LogP contribution in [-0.2, 0) is 0 Å². The summed E-state index contributed by atoms with van der Waals surface area (Å²) < 4.78 is 11.5. The Labute approximate surface area is 113 Å². The number of piperidine rings is 1. The quantitative estimate of drug-likeness (QED) is 0.841. The molecule has 19 heavy (non-hydrogen) atoms. The van der Waals surface area contributed by atoms with E-state index in [1.165, 1.54) is 0 Å². The maximum absolute atomic E-state index is 12.4. The Balaban J connectivity index is 2.02. The zero-order valence-corrected chi connectivity index (χ0v) is 11.4. The summed E-state index contributed by atoms with van der Waals surface area (Å²) in [7, 11) is 1.63. The molecule has 0 aliphatic carbocycles. The summed E-state index contributed by atoms with van der Waals surface area (Å²) in [6.07, 6.45) is 2.26. The van der Waals surface area contributed by atoms with Crippen molar-refractivity contribution < 1.29 is 14.3 Å². The van der Waals surface area contributed by atoms with Gasteiger partial charge in [0, 0.05) is 18.9 Å². The van der Waals surface area contributed by atoms with Gasteiger partial charge in [-0.25, -0.2) is 0 Å². The van der Waals surface area contributed by atoms with Crippen LogP contribution in [0.15, 0.2) is 12.1 Å². The van der Waals surface area contributed by atoms with Crippen LogP contribution < -0.4 is 14.8 Å². The van der Waals surface area contributed by atoms with E-state index in [1.807, 2.05) is 19.1 Å². The van der Waals surface area contributed by atoms with Crippen molar-refractivity contribution in [3.63, 3.8) is 0 Å². The first-order valence-corrected chi connectivity index (χ1v) is 6.75. The van der Waals surface area contributed by atoms with Crippen LogP contribution in [0.25, 0.3) is 0 Å². The number of hydrogen-bond acceptors (Lipinski definition) is 4. The number of benzene rings is 1. The van der Waals surface area contributed by atoms with E-state index in [9.17, 15) is 4.79 Å². The van der Waals surface area contributed by atoms with Gasteiger partial charge in [-0.05, 0) is 31.6 Å². The second kappa shape index (κ2) is 4.53. The predicted molar refractivity (Wildman–Crippen MR) is 72.1 cm³/mol. The maximum Gasteiger partial charge on any atom is 0.170 e. The molecule has 0 atom stereocenters. The molecule has 0 radical (unpaired) electrons. The minimum Gasteiger partial charge on any atom is -0.497 e. The Morgan fingerprint density at radius 1 is 1.32 bits per heavy atom. The Hall–Kier alpha value is -1.55. The summed E-state index contributed by atoms with van der Waals surface area (Å²) in [5.74, 6) is 1.63. The molecule has 1 saturated heterocycles. The van der Waals surface area contributed by atoms with Gasteiger partial charge < -0.3 is 14.8 Å². The molecule has 1 aromatic carbocycles. The Morgan fingerprint density at radius 2 is 2.05 bits per heavy atom. The van der Waals surface area contributed by atoms with Gasteiger partial charge in [0.2, 0.25) is 0 Å². The van der Waals surface area contributed by atoms with Gasteiger partial charge in [0.25, 0.3) is 0 Å². The number of ether oxygens (including phenoxy) is 2. The Morgan fingerprint density at radius 3 is 2.74 bits per heavy atom. The zero-order chi connectivity index (χ0) is 13.5. The van der Waals surface area contributed by atoms with Gasteiger partial charge in [0.05, 0.1) is 19.1 Å². The molecule has 0 unspecified atom stereocenters. The highest BCUT2D eigenvalue weighted by atomic mass is 16.5. The largest absolute Gasteiger partial charge is 0.497 e. The molecule has 4 heteroatoms. The van der Waals surface area contributed by atoms with Crippen LogP contribution in [0.4, 0.5) is 0 Å². The van der Waals surface area contributed by atoms with Crippen LogP contribution in [0.5, 0.6) is 11.5 Å². The molecular formula is C15H19NO3. The lowest BCUT2D eigenvalue weighted by molar-refractivity contribution is 0.0185. The first kappa shape index (κ1) is 12.5. The molecule has 0 aromatic heterocycles. The lowest BCUT2D eigenvalue weighted by Crippen LogP contribution is -2.49. The molecule has 1 N–H and O–H groups in total. The molecule has 0 saturated carbocycles. The van der Waals surface area contributed by atoms with Crippen LogP contribution in [0.1, 0.15) is 35.2 Å². The first-order chi connectivity index (χ1) is 9.13. The van der Waals surface area contributed by atoms with Crippen LogP contribution in [-0.4, -0.2) is 31.6 Å². The third-order valence-corrected chi connectivity index (χ3v) is 4.11. The van der Waals surface area contributed by atoms with Gasteiger partial charge in [-0.3, -0.25) is 4.79 Å². The van der Waals surface area contributed by atoms with Crippen molar-refractivity contribution in [2.24, 2.45) is 0 Å². The predicted octanol–water partition coefficient (Wildman–Crippen LogP) is 2.09. The van der Waals surface area contributed by atoms with E-state index in [1.54, 1.807) is 7.11 Å². The molecule has 2 aliphatic heterocycles. The van der Waals surface area contributed by atoms with E-state index in [4.69, 9.17) is 9.47 Å². The fourth-order valence-corrected chi connectivity index (χ4v) is 3.09. The summed E-state index contributed by atoms with van der Waals surface area (Å²) >= 11 is 0. The number of Topliss-reactive ketones (excluding diaryl/α,β-unsaturated/α-hetero) is 1. The van der Waals surface area contributed by atoms with E-state index < -0.39 is 0 Å². The fourth-order valence-electron chi connectivity index (χ4n) is 3.09. The van der Waals surface area contributed by atoms with Crippen molar-refractivity contribution in [2.75, 3.05) is 20.2 Å². The summed E-state index contributed by atoms with van der Waals surface area (Å²) in [4.78, 5) is 12.4. The number of hydrogen-bond donors (Lipinski definition) is 1. The first-order valence-electron chi connectivity index (χ1n) is 6.75. The van der Waals surface area contributed by atoms with Gasteiger partial charge in [0.1, 0.15) is 17.1 Å². The van der Waals surface area contributed by atoms with E-state index >= 15 is 0 Å². The van der Waals surface area contributed by atoms with Crippen molar-refractivity contribution in [1.82, 2.24) is 5.32 Å². The van der Waals surface area contributed by atoms with Crippen molar-refractivity contribution >= 4 is 5.78 Å². The zero-order valence-electron chi connectivity index (χ0n) is 11.4. The molecule has 1 spiro atoms. The lowest BCUT2D eigenvalue weighted by atomic mass is 9.82. The van der Waals surface area contributed by atoms with Gasteiger partial charge in [0.15, 0.2) is 5.78 Å². The Kier molecular flexibility index (Phi) is 2.97. The van der Waals surface area contributed by atoms with E-state index in [0.29, 0.717) is 12.2 Å². The average Bonchev–Trinajstić information content (AvgIpc) is 2.38. The van der Waals surface area contributed by atoms with E-state index in [0.717, 1.165) is 42.8 Å². The molecule has 3 rings (SSSR count). The number of aryl methyl sites for hydroxylation is 1. The van der Waals surface area contributed by atoms with Crippen LogP contribution in [0, 0.1) is 6.92 Å². The van der Waals surface area contributed by atoms with Crippen molar-refractivity contribution in [2.45, 2.75) is 31.8 Å². The highest BCUT2D eigenvalue weighted by Gasteiger charge is 2.42. The number of nitrogens with one attached hydrogen (secondary N) is 1. The van der Waals surface area contributed by atoms with Gasteiger partial charge in [-0.15, -0.1) is 0 Å². The minimum atomic E-state index is -0.311. The number of ketones is 1. The minimum absolute atomic E-state index is 0.198. The summed E-state index contributed by atoms with van der Waals surface area (Å²) in [5, 5.41) is 3.31. The summed E-state index contributed by atoms with van der Waals surface area (Å²) in [6, 6.07) is 3.73. The second-order valence-electron chi connectivity index (χ2n) is 5.45. The van der Waals surface area contributed by atoms with Crippen LogP contribution in [0.3, 0.4) is 0 Å². The Bertz CT molecular complexity index is 518. The number of rotatable bonds is 1. The van der Waals surface area contributed by atoms with Crippen molar-refractivity contribution in [1.29, 1.82) is 0 Å². The third kappa shape index (κ3) is 2.10. The molecule has 0 bridgehead atoms. The van der Waals surface area contributed by atoms with Gasteiger partial charge >= 0.3 is 0 Å². The van der Waals surface area contributed by atoms with E-state index in [2.05, 4.69) is 5.32 Å². The number of fused-ring (bicyclic) bond motifs is 1. The molecule has 2 aliphatic rings. The fraction of sp³-hybridized carbons (Fsp3) is 0.533. The molecule has 0 amide bonds. The molecule has 4 nitrogen and oxygen atoms in total. The summed E-state index contributed by atoms with van der Waals surface area (Å²) in [6.45, 7) is 3.75. The highest BCUT2D eigenvalue weighted by Crippen LogP contribution is 2.41. The lowest BCUT2D eigenvalue weighted by Gasteiger charge is -2.41. The highest BCUT2D eigenvalue weighted by molar-refractivity contribution is 6.02. The molecule has 2 heterocycles. The maximum atomic E-state index is 12.4. The van der Waals surface area contributed by atoms with Gasteiger partial charge in [-0.1, -0.05) is 0 Å². The van der Waals surface area contributed by atoms with Crippen molar-refractivity contribution in [3.8, 4) is 11.5 Å². The average molecular weight is 261 g/mol. The molecular weight excluding hydrogens is 242 g/mol. The van der Waals surface area contributed by atoms with Gasteiger partial charge in [-0.2, -0.15) is 0 Å². The molecule has 1 aromatic rings. The number of carbonyl (C=O) groups is 1. The standard InChI is InChI=1S/C15H19NO3/c1-10-7-11(18-2)8-13-14(10)12(17)9-15(19-13)3-5-16-6-4-15/h7-8,16H,3-6,9H2,1-2H3. The van der Waals surface area contributed by atoms with Crippen LogP contribution >= 0.6 is 0 Å². The molecule has 102 valence electrons. The normalized spacial score (nSPS) is 20.8. The second-order valence-corrected chi connectivity index (χ2v) is 5.45. The molecule has 1 fully saturated rings. The SMILES string of the molecule is COc1cc(C)c2c(c1)OC1(CCNCC1)CC2=O. The third-order valence-electron chi connectivity index (χ3n) is 4.11. The van der Waals surface area contributed by atoms with E-state index in [-0.39, 0.29) is 11.4 Å². The number of carbonyl (C=O) groups excluding carboxylic acids is 1. The smallest absolute Gasteiger partial charge is 0.170 e. The van der Waals surface area contributed by atoms with Crippen LogP contribution in [0.2, 0.25) is 0 Å². The topological polar surface area (TPSA) is 47.6 Å². The monoisotopic (exact) mass is 261 g/mol. The number of methoxy groups -OCH3 is 1. The summed E-state index contributed by atoms with van der Waals surface area (Å²) in [5.41, 5.74) is 1.35.